The first kappa shape index (κ1) is 48.1. The van der Waals surface area contributed by atoms with Gasteiger partial charge in [0.15, 0.2) is 23.2 Å². The van der Waals surface area contributed by atoms with Crippen LogP contribution in [0, 0.1) is 6.57 Å². The van der Waals surface area contributed by atoms with E-state index < -0.39 is 0 Å². The predicted molar refractivity (Wildman–Crippen MR) is 309 cm³/mol. The van der Waals surface area contributed by atoms with Crippen LogP contribution in [0.25, 0.3) is 105 Å². The van der Waals surface area contributed by atoms with Crippen molar-refractivity contribution in [3.05, 3.63) is 198 Å². The fraction of sp³-hybridized carbons (Fsp3) is 0.239. The van der Waals surface area contributed by atoms with Gasteiger partial charge in [0, 0.05) is 50.2 Å². The second-order valence-corrected chi connectivity index (χ2v) is 24.1. The first-order chi connectivity index (χ1) is 35.2. The minimum atomic E-state index is -0.120. The summed E-state index contributed by atoms with van der Waals surface area (Å²) < 4.78 is 4.69. The van der Waals surface area contributed by atoms with Gasteiger partial charge in [0.1, 0.15) is 0 Å². The van der Waals surface area contributed by atoms with Crippen molar-refractivity contribution in [2.45, 2.75) is 105 Å². The Morgan fingerprint density at radius 2 is 0.797 bits per heavy atom. The summed E-state index contributed by atoms with van der Waals surface area (Å²) in [6.45, 7) is 35.2. The first-order valence-electron chi connectivity index (χ1n) is 25.7. The average Bonchev–Trinajstić information content (AvgIpc) is 3.90. The molecule has 0 saturated carbocycles. The third kappa shape index (κ3) is 8.52. The van der Waals surface area contributed by atoms with Crippen molar-refractivity contribution in [1.82, 2.24) is 29.1 Å². The van der Waals surface area contributed by atoms with Crippen LogP contribution in [0.15, 0.2) is 164 Å². The molecule has 0 aliphatic carbocycles. The second kappa shape index (κ2) is 17.5. The average molecular weight is 966 g/mol. The van der Waals surface area contributed by atoms with Gasteiger partial charge in [0.05, 0.1) is 46.2 Å². The molecule has 0 fully saturated rings. The number of hydrogen-bond acceptors (Lipinski definition) is 4. The lowest BCUT2D eigenvalue weighted by molar-refractivity contribution is 0.568. The lowest BCUT2D eigenvalue weighted by Crippen LogP contribution is -2.17. The standard InChI is InChI=1S/C67H63N7/c1-64(2,3)44-32-42(33-45(37-44)65(4,5)6)62-70-61(71-63(72-62)43-34-46(66(7,8)9)38-47(35-43)67(10,11)12)41-26-28-58(73-57-25-19-16-22-51(57)54-39-48(68-13)27-29-59(54)73)53(36-41)52-30-31-69-40-60(52)74-55-23-17-14-20-49(55)50-21-15-18-24-56(50)74/h14-40H,1-12H3. The van der Waals surface area contributed by atoms with Crippen molar-refractivity contribution in [2.75, 3.05) is 0 Å². The molecule has 0 N–H and O–H groups in total. The topological polar surface area (TPSA) is 65.8 Å². The Morgan fingerprint density at radius 1 is 0.378 bits per heavy atom. The molecule has 11 aromatic rings. The van der Waals surface area contributed by atoms with Crippen molar-refractivity contribution < 1.29 is 0 Å². The number of rotatable bonds is 6. The van der Waals surface area contributed by atoms with E-state index in [0.717, 1.165) is 72.0 Å². The first-order valence-corrected chi connectivity index (χ1v) is 25.7. The van der Waals surface area contributed by atoms with Gasteiger partial charge in [-0.25, -0.2) is 19.8 Å². The maximum atomic E-state index is 7.94. The molecule has 0 radical (unpaired) electrons. The van der Waals surface area contributed by atoms with E-state index in [2.05, 4.69) is 237 Å². The van der Waals surface area contributed by atoms with Crippen molar-refractivity contribution in [2.24, 2.45) is 0 Å². The number of benzene rings is 7. The van der Waals surface area contributed by atoms with Crippen LogP contribution in [0.3, 0.4) is 0 Å². The predicted octanol–water partition coefficient (Wildman–Crippen LogP) is 17.9. The zero-order valence-corrected chi connectivity index (χ0v) is 44.7. The normalized spacial score (nSPS) is 12.6. The van der Waals surface area contributed by atoms with E-state index in [1.807, 2.05) is 24.5 Å². The van der Waals surface area contributed by atoms with Crippen LogP contribution in [0.5, 0.6) is 0 Å². The lowest BCUT2D eigenvalue weighted by atomic mass is 9.79. The minimum Gasteiger partial charge on any atom is -0.309 e. The van der Waals surface area contributed by atoms with Crippen LogP contribution in [0.2, 0.25) is 0 Å². The molecule has 0 spiro atoms. The smallest absolute Gasteiger partial charge is 0.188 e. The maximum Gasteiger partial charge on any atom is 0.188 e. The van der Waals surface area contributed by atoms with Crippen molar-refractivity contribution in [1.29, 1.82) is 0 Å². The van der Waals surface area contributed by atoms with Crippen LogP contribution in [-0.2, 0) is 21.7 Å². The zero-order chi connectivity index (χ0) is 52.1. The summed E-state index contributed by atoms with van der Waals surface area (Å²) in [4.78, 5) is 25.2. The summed E-state index contributed by atoms with van der Waals surface area (Å²) in [5, 5.41) is 4.44. The Bertz CT molecular complexity index is 3860. The Kier molecular flexibility index (Phi) is 11.4. The highest BCUT2D eigenvalue weighted by Gasteiger charge is 2.27. The van der Waals surface area contributed by atoms with Gasteiger partial charge in [0.25, 0.3) is 0 Å². The van der Waals surface area contributed by atoms with Crippen LogP contribution in [0.1, 0.15) is 105 Å². The van der Waals surface area contributed by atoms with Crippen LogP contribution in [0.4, 0.5) is 5.69 Å². The number of hydrogen-bond donors (Lipinski definition) is 0. The van der Waals surface area contributed by atoms with E-state index in [4.69, 9.17) is 26.5 Å². The fourth-order valence-corrected chi connectivity index (χ4v) is 10.4. The Balaban J connectivity index is 1.24. The van der Waals surface area contributed by atoms with Gasteiger partial charge in [0.2, 0.25) is 0 Å². The molecule has 366 valence electrons. The highest BCUT2D eigenvalue weighted by atomic mass is 15.0. The quantitative estimate of drug-likeness (QED) is 0.156. The van der Waals surface area contributed by atoms with Crippen molar-refractivity contribution in [3.8, 4) is 56.7 Å². The summed E-state index contributed by atoms with van der Waals surface area (Å²) >= 11 is 0. The third-order valence-corrected chi connectivity index (χ3v) is 14.7. The Hall–Kier alpha value is -8.21. The number of para-hydroxylation sites is 3. The number of nitrogens with zero attached hydrogens (tertiary/aromatic N) is 7. The van der Waals surface area contributed by atoms with Gasteiger partial charge >= 0.3 is 0 Å². The molecule has 0 saturated heterocycles. The van der Waals surface area contributed by atoms with Gasteiger partial charge < -0.3 is 9.13 Å². The molecule has 7 heteroatoms. The van der Waals surface area contributed by atoms with E-state index in [1.165, 1.54) is 33.0 Å². The molecule has 0 aliphatic heterocycles. The molecule has 11 rings (SSSR count). The molecule has 0 aliphatic rings. The molecular formula is C67H63N7. The number of pyridine rings is 1. The van der Waals surface area contributed by atoms with E-state index in [9.17, 15) is 0 Å². The highest BCUT2D eigenvalue weighted by molar-refractivity contribution is 6.12. The molecular weight excluding hydrogens is 903 g/mol. The summed E-state index contributed by atoms with van der Waals surface area (Å²) in [5.74, 6) is 1.82. The van der Waals surface area contributed by atoms with Gasteiger partial charge in [-0.3, -0.25) is 4.98 Å². The summed E-state index contributed by atoms with van der Waals surface area (Å²) in [5.41, 5.74) is 15.9. The van der Waals surface area contributed by atoms with E-state index in [-0.39, 0.29) is 21.7 Å². The van der Waals surface area contributed by atoms with Crippen LogP contribution >= 0.6 is 0 Å². The third-order valence-electron chi connectivity index (χ3n) is 14.7. The van der Waals surface area contributed by atoms with Gasteiger partial charge in [-0.2, -0.15) is 0 Å². The van der Waals surface area contributed by atoms with E-state index in [1.54, 1.807) is 0 Å². The Labute approximate surface area is 435 Å². The lowest BCUT2D eigenvalue weighted by Gasteiger charge is -2.26. The molecule has 0 unspecified atom stereocenters. The maximum absolute atomic E-state index is 7.94. The molecule has 4 aromatic heterocycles. The van der Waals surface area contributed by atoms with E-state index >= 15 is 0 Å². The molecule has 4 heterocycles. The van der Waals surface area contributed by atoms with Gasteiger partial charge in [-0.05, 0) is 128 Å². The molecule has 7 nitrogen and oxygen atoms in total. The van der Waals surface area contributed by atoms with Crippen LogP contribution in [-0.4, -0.2) is 29.1 Å². The summed E-state index contributed by atoms with van der Waals surface area (Å²) in [7, 11) is 0. The SMILES string of the molecule is [C-]#[N+]c1ccc2c(c1)c1ccccc1n2-c1ccc(-c2nc(-c3cc(C(C)(C)C)cc(C(C)(C)C)c3)nc(-c3cc(C(C)(C)C)cc(C(C)(C)C)c3)n2)cc1-c1ccncc1-n1c2ccccc2c2ccccc21. The Morgan fingerprint density at radius 3 is 1.26 bits per heavy atom. The molecule has 0 atom stereocenters. The van der Waals surface area contributed by atoms with E-state index in [0.29, 0.717) is 23.2 Å². The number of aromatic nitrogens is 6. The number of fused-ring (bicyclic) bond motifs is 6. The van der Waals surface area contributed by atoms with Crippen LogP contribution < -0.4 is 0 Å². The van der Waals surface area contributed by atoms with Crippen molar-refractivity contribution in [3.63, 3.8) is 0 Å². The largest absolute Gasteiger partial charge is 0.309 e. The van der Waals surface area contributed by atoms with Crippen molar-refractivity contribution >= 4 is 49.3 Å². The molecule has 0 amide bonds. The second-order valence-electron chi connectivity index (χ2n) is 24.1. The summed E-state index contributed by atoms with van der Waals surface area (Å²) in [6.07, 6.45) is 3.88. The minimum absolute atomic E-state index is 0.120. The molecule has 0 bridgehead atoms. The highest BCUT2D eigenvalue weighted by Crippen LogP contribution is 2.44. The fourth-order valence-electron chi connectivity index (χ4n) is 10.4. The molecule has 74 heavy (non-hydrogen) atoms. The summed E-state index contributed by atoms with van der Waals surface area (Å²) in [6, 6.07) is 54.3. The van der Waals surface area contributed by atoms with Gasteiger partial charge in [-0.15, -0.1) is 0 Å². The van der Waals surface area contributed by atoms with Gasteiger partial charge in [-0.1, -0.05) is 156 Å². The zero-order valence-electron chi connectivity index (χ0n) is 44.7. The monoisotopic (exact) mass is 966 g/mol. The molecule has 7 aromatic carbocycles.